The van der Waals surface area contributed by atoms with Crippen LogP contribution in [0.2, 0.25) is 0 Å². The first kappa shape index (κ1) is 97.1. The summed E-state index contributed by atoms with van der Waals surface area (Å²) in [6.07, 6.45) is 61.2. The number of carbonyl (C=O) groups excluding carboxylic acids is 4. The molecular formula is C80H156O17P2. The molecule has 0 heterocycles. The lowest BCUT2D eigenvalue weighted by Gasteiger charge is -2.21. The van der Waals surface area contributed by atoms with Gasteiger partial charge in [-0.15, -0.1) is 0 Å². The van der Waals surface area contributed by atoms with E-state index in [0.717, 1.165) is 102 Å². The van der Waals surface area contributed by atoms with Gasteiger partial charge in [-0.1, -0.05) is 369 Å². The van der Waals surface area contributed by atoms with Crippen molar-refractivity contribution in [3.05, 3.63) is 0 Å². The molecule has 0 saturated carbocycles. The fourth-order valence-electron chi connectivity index (χ4n) is 12.3. The second-order valence-corrected chi connectivity index (χ2v) is 32.4. The molecule has 0 fully saturated rings. The molecule has 0 amide bonds. The molecular weight excluding hydrogens is 1290 g/mol. The summed E-state index contributed by atoms with van der Waals surface area (Å²) < 4.78 is 68.6. The summed E-state index contributed by atoms with van der Waals surface area (Å²) in [5.74, 6) is -0.562. The smallest absolute Gasteiger partial charge is 0.462 e. The molecule has 0 spiro atoms. The highest BCUT2D eigenvalue weighted by Gasteiger charge is 2.30. The van der Waals surface area contributed by atoms with Crippen LogP contribution in [-0.2, 0) is 65.4 Å². The average Bonchev–Trinajstić information content (AvgIpc) is 0.977. The van der Waals surface area contributed by atoms with E-state index in [2.05, 4.69) is 41.5 Å². The van der Waals surface area contributed by atoms with Gasteiger partial charge in [-0.25, -0.2) is 9.13 Å². The molecule has 0 aliphatic carbocycles. The monoisotopic (exact) mass is 1450 g/mol. The Morgan fingerprint density at radius 1 is 0.293 bits per heavy atom. The highest BCUT2D eigenvalue weighted by molar-refractivity contribution is 7.47. The molecule has 0 aromatic heterocycles. The van der Waals surface area contributed by atoms with Crippen molar-refractivity contribution in [1.29, 1.82) is 0 Å². The fourth-order valence-corrected chi connectivity index (χ4v) is 13.9. The Morgan fingerprint density at radius 3 is 0.768 bits per heavy atom. The van der Waals surface area contributed by atoms with Gasteiger partial charge in [-0.3, -0.25) is 37.3 Å². The van der Waals surface area contributed by atoms with E-state index in [1.54, 1.807) is 0 Å². The molecule has 6 atom stereocenters. The first-order chi connectivity index (χ1) is 47.9. The van der Waals surface area contributed by atoms with Crippen LogP contribution in [0.3, 0.4) is 0 Å². The molecule has 0 saturated heterocycles. The van der Waals surface area contributed by atoms with Crippen LogP contribution in [-0.4, -0.2) is 96.7 Å². The maximum Gasteiger partial charge on any atom is 0.472 e. The van der Waals surface area contributed by atoms with Crippen LogP contribution in [0.1, 0.15) is 420 Å². The number of carbonyl (C=O) groups is 4. The predicted molar refractivity (Wildman–Crippen MR) is 405 cm³/mol. The van der Waals surface area contributed by atoms with E-state index >= 15 is 0 Å². The van der Waals surface area contributed by atoms with Crippen molar-refractivity contribution in [3.63, 3.8) is 0 Å². The highest BCUT2D eigenvalue weighted by atomic mass is 31.2. The number of phosphoric ester groups is 2. The standard InChI is InChI=1S/C80H156O17P2/c1-7-10-12-14-16-18-20-21-22-25-29-32-36-39-43-50-56-62-77(82)90-68-75(96-80(85)65-59-53-45-41-37-33-30-27-24-23-26-28-31-35-38-42-49-55-61-73(6)9-3)70-94-98(86,87)92-66-74(81)67-93-99(88,89)95-71-76(69-91-78(83)63-57-51-47-46-48-54-60-72(4)5)97-79(84)64-58-52-44-40-34-19-17-15-13-11-8-2/h72-76,81H,7-71H2,1-6H3,(H,86,87)(H,88,89)/t73?,74-,75-,76-/m1/s1. The largest absolute Gasteiger partial charge is 0.472 e. The summed E-state index contributed by atoms with van der Waals surface area (Å²) >= 11 is 0. The van der Waals surface area contributed by atoms with Gasteiger partial charge in [0.2, 0.25) is 0 Å². The van der Waals surface area contributed by atoms with Crippen molar-refractivity contribution < 1.29 is 80.2 Å². The normalized spacial score (nSPS) is 14.2. The molecule has 3 unspecified atom stereocenters. The van der Waals surface area contributed by atoms with E-state index in [-0.39, 0.29) is 25.7 Å². The van der Waals surface area contributed by atoms with Crippen molar-refractivity contribution in [2.45, 2.75) is 439 Å². The van der Waals surface area contributed by atoms with E-state index in [1.807, 2.05) is 0 Å². The zero-order valence-corrected chi connectivity index (χ0v) is 66.6. The van der Waals surface area contributed by atoms with Crippen LogP contribution in [0.15, 0.2) is 0 Å². The van der Waals surface area contributed by atoms with Gasteiger partial charge in [-0.05, 0) is 37.5 Å². The number of ether oxygens (including phenoxy) is 4. The predicted octanol–water partition coefficient (Wildman–Crippen LogP) is 23.9. The molecule has 0 rings (SSSR count). The van der Waals surface area contributed by atoms with Crippen molar-refractivity contribution in [1.82, 2.24) is 0 Å². The minimum atomic E-state index is -4.96. The van der Waals surface area contributed by atoms with Crippen molar-refractivity contribution in [2.24, 2.45) is 11.8 Å². The molecule has 0 aliphatic heterocycles. The molecule has 19 heteroatoms. The summed E-state index contributed by atoms with van der Waals surface area (Å²) in [6.45, 7) is 9.60. The summed E-state index contributed by atoms with van der Waals surface area (Å²) in [5, 5.41) is 10.6. The van der Waals surface area contributed by atoms with E-state index in [4.69, 9.17) is 37.0 Å². The van der Waals surface area contributed by atoms with Gasteiger partial charge in [0.1, 0.15) is 19.3 Å². The van der Waals surface area contributed by atoms with Crippen LogP contribution in [0, 0.1) is 11.8 Å². The van der Waals surface area contributed by atoms with Crippen LogP contribution >= 0.6 is 15.6 Å². The second-order valence-electron chi connectivity index (χ2n) is 29.5. The molecule has 17 nitrogen and oxygen atoms in total. The van der Waals surface area contributed by atoms with Gasteiger partial charge in [0.15, 0.2) is 12.2 Å². The molecule has 0 aromatic rings. The number of phosphoric acid groups is 2. The molecule has 0 aromatic carbocycles. The van der Waals surface area contributed by atoms with Gasteiger partial charge in [-0.2, -0.15) is 0 Å². The third-order valence-electron chi connectivity index (χ3n) is 19.1. The zero-order chi connectivity index (χ0) is 72.8. The Labute approximate surface area is 607 Å². The number of hydrogen-bond acceptors (Lipinski definition) is 15. The SMILES string of the molecule is CCCCCCCCCCCCCCCCCCCC(=O)OC[C@H](COP(=O)(O)OC[C@@H](O)COP(=O)(O)OC[C@@H](COC(=O)CCCCCCCCC(C)C)OC(=O)CCCCCCCCCCCCC)OC(=O)CCCCCCCCCCCCCCCCCCCCC(C)CC. The fraction of sp³-hybridized carbons (Fsp3) is 0.950. The summed E-state index contributed by atoms with van der Waals surface area (Å²) in [6, 6.07) is 0. The number of rotatable bonds is 79. The second kappa shape index (κ2) is 71.7. The minimum absolute atomic E-state index is 0.106. The Morgan fingerprint density at radius 2 is 0.515 bits per heavy atom. The number of aliphatic hydroxyl groups is 1. The molecule has 0 radical (unpaired) electrons. The van der Waals surface area contributed by atoms with E-state index in [9.17, 15) is 43.2 Å². The van der Waals surface area contributed by atoms with Crippen LogP contribution in [0.5, 0.6) is 0 Å². The molecule has 0 bridgehead atoms. The Bertz CT molecular complexity index is 1910. The lowest BCUT2D eigenvalue weighted by Crippen LogP contribution is -2.30. The van der Waals surface area contributed by atoms with E-state index < -0.39 is 97.5 Å². The van der Waals surface area contributed by atoms with Gasteiger partial charge >= 0.3 is 39.5 Å². The third kappa shape index (κ3) is 72.8. The Balaban J connectivity index is 5.18. The lowest BCUT2D eigenvalue weighted by molar-refractivity contribution is -0.161. The molecule has 588 valence electrons. The highest BCUT2D eigenvalue weighted by Crippen LogP contribution is 2.45. The summed E-state index contributed by atoms with van der Waals surface area (Å²) in [4.78, 5) is 72.9. The maximum absolute atomic E-state index is 13.1. The third-order valence-corrected chi connectivity index (χ3v) is 21.0. The number of esters is 4. The van der Waals surface area contributed by atoms with Crippen LogP contribution < -0.4 is 0 Å². The van der Waals surface area contributed by atoms with E-state index in [0.29, 0.717) is 31.6 Å². The minimum Gasteiger partial charge on any atom is -0.462 e. The van der Waals surface area contributed by atoms with Gasteiger partial charge < -0.3 is 33.8 Å². The van der Waals surface area contributed by atoms with E-state index in [1.165, 1.54) is 231 Å². The topological polar surface area (TPSA) is 237 Å². The number of hydrogen-bond donors (Lipinski definition) is 3. The van der Waals surface area contributed by atoms with Gasteiger partial charge in [0, 0.05) is 25.7 Å². The number of unbranched alkanes of at least 4 members (excludes halogenated alkanes) is 48. The van der Waals surface area contributed by atoms with Crippen molar-refractivity contribution in [3.8, 4) is 0 Å². The van der Waals surface area contributed by atoms with Crippen LogP contribution in [0.4, 0.5) is 0 Å². The Hall–Kier alpha value is -1.94. The Kier molecular flexibility index (Phi) is 70.3. The first-order valence-electron chi connectivity index (χ1n) is 41.5. The van der Waals surface area contributed by atoms with Gasteiger partial charge in [0.05, 0.1) is 26.4 Å². The first-order valence-corrected chi connectivity index (χ1v) is 44.5. The quantitative estimate of drug-likeness (QED) is 0.0222. The summed E-state index contributed by atoms with van der Waals surface area (Å²) in [5.41, 5.74) is 0. The molecule has 99 heavy (non-hydrogen) atoms. The average molecular weight is 1450 g/mol. The zero-order valence-electron chi connectivity index (χ0n) is 64.8. The maximum atomic E-state index is 13.1. The van der Waals surface area contributed by atoms with Crippen molar-refractivity contribution >= 4 is 39.5 Å². The van der Waals surface area contributed by atoms with Gasteiger partial charge in [0.25, 0.3) is 0 Å². The summed E-state index contributed by atoms with van der Waals surface area (Å²) in [7, 11) is -9.91. The van der Waals surface area contributed by atoms with Crippen LogP contribution in [0.25, 0.3) is 0 Å². The van der Waals surface area contributed by atoms with Crippen molar-refractivity contribution in [2.75, 3.05) is 39.6 Å². The molecule has 0 aliphatic rings. The lowest BCUT2D eigenvalue weighted by atomic mass is 9.99. The molecule has 3 N–H and O–H groups in total. The number of aliphatic hydroxyl groups excluding tert-OH is 1.